The first-order valence-corrected chi connectivity index (χ1v) is 7.00. The number of nitriles is 1. The van der Waals surface area contributed by atoms with E-state index in [0.717, 1.165) is 11.3 Å². The number of nitrogens with zero attached hydrogens (tertiary/aromatic N) is 2. The highest BCUT2D eigenvalue weighted by atomic mass is 16.5. The van der Waals surface area contributed by atoms with Gasteiger partial charge < -0.3 is 4.74 Å². The van der Waals surface area contributed by atoms with Crippen molar-refractivity contribution in [2.45, 2.75) is 12.8 Å². The summed E-state index contributed by atoms with van der Waals surface area (Å²) in [6.45, 7) is 2.54. The maximum atomic E-state index is 12.1. The predicted molar refractivity (Wildman–Crippen MR) is 84.2 cm³/mol. The lowest BCUT2D eigenvalue weighted by Gasteiger charge is -2.04. The minimum absolute atomic E-state index is 0.282. The van der Waals surface area contributed by atoms with Crippen molar-refractivity contribution in [3.05, 3.63) is 66.0 Å². The maximum absolute atomic E-state index is 12.1. The van der Waals surface area contributed by atoms with Gasteiger partial charge in [0.2, 0.25) is 0 Å². The Morgan fingerprint density at radius 2 is 2.09 bits per heavy atom. The third-order valence-corrected chi connectivity index (χ3v) is 3.03. The van der Waals surface area contributed by atoms with E-state index in [1.165, 1.54) is 6.08 Å². The van der Waals surface area contributed by atoms with Crippen LogP contribution in [0.4, 0.5) is 0 Å². The molecule has 2 aromatic rings. The number of carbonyl (C=O) groups is 1. The van der Waals surface area contributed by atoms with Gasteiger partial charge in [-0.15, -0.1) is 0 Å². The van der Waals surface area contributed by atoms with Gasteiger partial charge in [0.15, 0.2) is 11.7 Å². The molecular formula is C18H16N2O2. The predicted octanol–water partition coefficient (Wildman–Crippen LogP) is 3.37. The number of aromatic nitrogens is 1. The highest BCUT2D eigenvalue weighted by Gasteiger charge is 2.18. The van der Waals surface area contributed by atoms with Crippen LogP contribution in [0.15, 0.2) is 54.7 Å². The molecule has 4 heteroatoms. The van der Waals surface area contributed by atoms with Crippen molar-refractivity contribution in [2.75, 3.05) is 6.61 Å². The first-order chi connectivity index (χ1) is 10.7. The second-order valence-electron chi connectivity index (χ2n) is 4.55. The van der Waals surface area contributed by atoms with Gasteiger partial charge in [0.25, 0.3) is 0 Å². The minimum Gasteiger partial charge on any atom is -0.494 e. The molecule has 0 aliphatic heterocycles. The molecule has 110 valence electrons. The third-order valence-electron chi connectivity index (χ3n) is 3.03. The number of pyridine rings is 1. The van der Waals surface area contributed by atoms with Crippen LogP contribution in [0, 0.1) is 11.3 Å². The van der Waals surface area contributed by atoms with Crippen molar-refractivity contribution in [1.82, 2.24) is 4.98 Å². The van der Waals surface area contributed by atoms with E-state index in [4.69, 9.17) is 4.74 Å². The average Bonchev–Trinajstić information content (AvgIpc) is 2.56. The summed E-state index contributed by atoms with van der Waals surface area (Å²) in [6.07, 6.45) is 4.67. The lowest BCUT2D eigenvalue weighted by atomic mass is 10.00. The zero-order valence-corrected chi connectivity index (χ0v) is 12.3. The van der Waals surface area contributed by atoms with E-state index >= 15 is 0 Å². The summed E-state index contributed by atoms with van der Waals surface area (Å²) in [5, 5.41) is 9.18. The second kappa shape index (κ2) is 7.75. The van der Waals surface area contributed by atoms with Crippen LogP contribution in [0.3, 0.4) is 0 Å². The van der Waals surface area contributed by atoms with Gasteiger partial charge in [-0.2, -0.15) is 5.26 Å². The summed E-state index contributed by atoms with van der Waals surface area (Å²) in [7, 11) is 0. The molecule has 4 nitrogen and oxygen atoms in total. The topological polar surface area (TPSA) is 63.0 Å². The standard InChI is InChI=1S/C18H16N2O2/c1-2-22-15-9-6-14(7-10-15)8-11-18(21)16(13-19)17-5-3-4-12-20-17/h3-12,16H,2H2,1H3/b11-8-/t16-/m1/s1. The largest absolute Gasteiger partial charge is 0.494 e. The highest BCUT2D eigenvalue weighted by Crippen LogP contribution is 2.16. The van der Waals surface area contributed by atoms with Gasteiger partial charge in [-0.3, -0.25) is 9.78 Å². The summed E-state index contributed by atoms with van der Waals surface area (Å²) in [6, 6.07) is 14.6. The van der Waals surface area contributed by atoms with Crippen molar-refractivity contribution in [2.24, 2.45) is 0 Å². The summed E-state index contributed by atoms with van der Waals surface area (Å²) < 4.78 is 5.36. The second-order valence-corrected chi connectivity index (χ2v) is 4.55. The van der Waals surface area contributed by atoms with Gasteiger partial charge in [0.05, 0.1) is 18.4 Å². The molecule has 1 aromatic carbocycles. The van der Waals surface area contributed by atoms with Crippen LogP contribution in [0.1, 0.15) is 24.1 Å². The van der Waals surface area contributed by atoms with Crippen LogP contribution in [0.5, 0.6) is 5.75 Å². The molecule has 0 N–H and O–H groups in total. The van der Waals surface area contributed by atoms with E-state index in [1.54, 1.807) is 30.5 Å². The van der Waals surface area contributed by atoms with Crippen molar-refractivity contribution in [3.63, 3.8) is 0 Å². The molecule has 1 atom stereocenters. The smallest absolute Gasteiger partial charge is 0.178 e. The van der Waals surface area contributed by atoms with Crippen molar-refractivity contribution in [3.8, 4) is 11.8 Å². The number of allylic oxidation sites excluding steroid dienone is 1. The Bertz CT molecular complexity index is 685. The molecule has 0 radical (unpaired) electrons. The Balaban J connectivity index is 2.08. The summed E-state index contributed by atoms with van der Waals surface area (Å²) in [4.78, 5) is 16.2. The van der Waals surface area contributed by atoms with Gasteiger partial charge in [-0.05, 0) is 42.8 Å². The monoisotopic (exact) mass is 292 g/mol. The molecular weight excluding hydrogens is 276 g/mol. The number of carbonyl (C=O) groups excluding carboxylic acids is 1. The van der Waals surface area contributed by atoms with Gasteiger partial charge in [0, 0.05) is 6.20 Å². The summed E-state index contributed by atoms with van der Waals surface area (Å²) in [5.41, 5.74) is 1.33. The number of hydrogen-bond donors (Lipinski definition) is 0. The fraction of sp³-hybridized carbons (Fsp3) is 0.167. The molecule has 0 fully saturated rings. The molecule has 1 heterocycles. The number of ether oxygens (including phenoxy) is 1. The van der Waals surface area contributed by atoms with Crippen LogP contribution in [-0.4, -0.2) is 17.4 Å². The van der Waals surface area contributed by atoms with Gasteiger partial charge in [-0.1, -0.05) is 24.3 Å². The molecule has 0 aliphatic carbocycles. The Labute approximate surface area is 129 Å². The fourth-order valence-corrected chi connectivity index (χ4v) is 1.94. The molecule has 2 rings (SSSR count). The lowest BCUT2D eigenvalue weighted by Crippen LogP contribution is -2.09. The molecule has 0 bridgehead atoms. The van der Waals surface area contributed by atoms with E-state index in [9.17, 15) is 10.1 Å². The molecule has 0 amide bonds. The SMILES string of the molecule is CCOc1ccc(/C=C\C(=O)[C@H](C#N)c2ccccn2)cc1. The Hall–Kier alpha value is -2.93. The average molecular weight is 292 g/mol. The fourth-order valence-electron chi connectivity index (χ4n) is 1.94. The number of benzene rings is 1. The van der Waals surface area contributed by atoms with Crippen LogP contribution < -0.4 is 4.74 Å². The van der Waals surface area contributed by atoms with E-state index in [1.807, 2.05) is 37.3 Å². The van der Waals surface area contributed by atoms with Gasteiger partial charge in [-0.25, -0.2) is 0 Å². The molecule has 0 saturated heterocycles. The van der Waals surface area contributed by atoms with Crippen molar-refractivity contribution in [1.29, 1.82) is 5.26 Å². The number of ketones is 1. The molecule has 0 aliphatic rings. The van der Waals surface area contributed by atoms with Crippen LogP contribution in [-0.2, 0) is 4.79 Å². The Morgan fingerprint density at radius 3 is 2.68 bits per heavy atom. The number of rotatable bonds is 6. The summed E-state index contributed by atoms with van der Waals surface area (Å²) >= 11 is 0. The quantitative estimate of drug-likeness (QED) is 0.766. The Morgan fingerprint density at radius 1 is 1.32 bits per heavy atom. The first kappa shape index (κ1) is 15.5. The third kappa shape index (κ3) is 4.03. The number of hydrogen-bond acceptors (Lipinski definition) is 4. The van der Waals surface area contributed by atoms with Crippen LogP contribution >= 0.6 is 0 Å². The normalized spacial score (nSPS) is 11.8. The zero-order valence-electron chi connectivity index (χ0n) is 12.3. The minimum atomic E-state index is -0.875. The summed E-state index contributed by atoms with van der Waals surface area (Å²) in [5.74, 6) is -0.371. The van der Waals surface area contributed by atoms with Crippen molar-refractivity contribution < 1.29 is 9.53 Å². The van der Waals surface area contributed by atoms with Gasteiger partial charge in [0.1, 0.15) is 5.75 Å². The Kier molecular flexibility index (Phi) is 5.44. The maximum Gasteiger partial charge on any atom is 0.178 e. The highest BCUT2D eigenvalue weighted by molar-refractivity contribution is 6.00. The van der Waals surface area contributed by atoms with Crippen LogP contribution in [0.2, 0.25) is 0 Å². The first-order valence-electron chi connectivity index (χ1n) is 7.00. The van der Waals surface area contributed by atoms with E-state index < -0.39 is 5.92 Å². The van der Waals surface area contributed by atoms with E-state index in [0.29, 0.717) is 12.3 Å². The van der Waals surface area contributed by atoms with Gasteiger partial charge >= 0.3 is 0 Å². The zero-order chi connectivity index (χ0) is 15.8. The molecule has 0 unspecified atom stereocenters. The van der Waals surface area contributed by atoms with Crippen molar-refractivity contribution >= 4 is 11.9 Å². The lowest BCUT2D eigenvalue weighted by molar-refractivity contribution is -0.114. The molecule has 22 heavy (non-hydrogen) atoms. The van der Waals surface area contributed by atoms with E-state index in [-0.39, 0.29) is 5.78 Å². The van der Waals surface area contributed by atoms with E-state index in [2.05, 4.69) is 4.98 Å². The molecule has 1 aromatic heterocycles. The van der Waals surface area contributed by atoms with Crippen LogP contribution in [0.25, 0.3) is 6.08 Å². The molecule has 0 saturated carbocycles. The molecule has 0 spiro atoms.